The van der Waals surface area contributed by atoms with Gasteiger partial charge in [-0.25, -0.2) is 13.4 Å². The molecule has 0 bridgehead atoms. The lowest BCUT2D eigenvalue weighted by molar-refractivity contribution is -0.137. The van der Waals surface area contributed by atoms with Crippen LogP contribution < -0.4 is 5.32 Å². The normalized spacial score (nSPS) is 21.6. The molecule has 2 rings (SSSR count). The Morgan fingerprint density at radius 3 is 2.63 bits per heavy atom. The van der Waals surface area contributed by atoms with Crippen molar-refractivity contribution in [3.63, 3.8) is 0 Å². The second-order valence-corrected chi connectivity index (χ2v) is 6.80. The maximum absolute atomic E-state index is 12.8. The Kier molecular flexibility index (Phi) is 3.61. The molecule has 1 unspecified atom stereocenters. The smallest absolute Gasteiger partial charge is 0.362 e. The first-order chi connectivity index (χ1) is 8.67. The lowest BCUT2D eigenvalue weighted by Gasteiger charge is -2.16. The first kappa shape index (κ1) is 14.3. The molecule has 2 heterocycles. The fourth-order valence-corrected chi connectivity index (χ4v) is 3.18. The number of nitrogens with one attached hydrogen (secondary N) is 1. The molecule has 0 radical (unpaired) electrons. The van der Waals surface area contributed by atoms with Crippen molar-refractivity contribution in [2.75, 3.05) is 11.1 Å². The van der Waals surface area contributed by atoms with E-state index in [4.69, 9.17) is 0 Å². The molecule has 1 aliphatic heterocycles. The molecule has 104 valence electrons. The van der Waals surface area contributed by atoms with Crippen molar-refractivity contribution in [2.24, 2.45) is 0 Å². The van der Waals surface area contributed by atoms with E-state index >= 15 is 0 Å². The number of hydrogen-bond donors (Lipinski definition) is 1. The minimum atomic E-state index is -4.57. The molecule has 1 N–H and O–H groups in total. The molecule has 0 amide bonds. The Bertz CT molecular complexity index is 628. The predicted octanol–water partition coefficient (Wildman–Crippen LogP) is 2.59. The molecule has 0 saturated carbocycles. The van der Waals surface area contributed by atoms with Gasteiger partial charge in [-0.3, -0.25) is 0 Å². The van der Waals surface area contributed by atoms with Crippen LogP contribution in [0.1, 0.15) is 5.56 Å². The number of pyridine rings is 1. The largest absolute Gasteiger partial charge is 0.419 e. The van der Waals surface area contributed by atoms with Crippen molar-refractivity contribution in [3.05, 3.63) is 33.8 Å². The standard InChI is InChI=1S/C10H8BrF3N2O2S/c11-6-3-8(10(12,13)14)9(15-4-6)16-7-1-2-19(17,18)5-7/h1-4,7H,5H2,(H,15,16). The van der Waals surface area contributed by atoms with Gasteiger partial charge in [0.25, 0.3) is 0 Å². The molecule has 0 saturated heterocycles. The molecule has 0 fully saturated rings. The summed E-state index contributed by atoms with van der Waals surface area (Å²) in [4.78, 5) is 3.65. The molecule has 1 aliphatic rings. The SMILES string of the molecule is O=S1(=O)C=CC(Nc2ncc(Br)cc2C(F)(F)F)C1. The van der Waals surface area contributed by atoms with Crippen LogP contribution in [0.4, 0.5) is 19.0 Å². The summed E-state index contributed by atoms with van der Waals surface area (Å²) in [5.74, 6) is -0.662. The number of alkyl halides is 3. The first-order valence-corrected chi connectivity index (χ1v) is 7.58. The zero-order chi connectivity index (χ0) is 14.3. The van der Waals surface area contributed by atoms with E-state index in [-0.39, 0.29) is 16.0 Å². The van der Waals surface area contributed by atoms with Gasteiger partial charge in [-0.15, -0.1) is 0 Å². The first-order valence-electron chi connectivity index (χ1n) is 5.08. The summed E-state index contributed by atoms with van der Waals surface area (Å²) >= 11 is 2.92. The van der Waals surface area contributed by atoms with Crippen LogP contribution in [0.15, 0.2) is 28.2 Å². The monoisotopic (exact) mass is 356 g/mol. The molecule has 4 nitrogen and oxygen atoms in total. The predicted molar refractivity (Wildman–Crippen MR) is 67.3 cm³/mol. The minimum Gasteiger partial charge on any atom is -0.362 e. The van der Waals surface area contributed by atoms with Gasteiger partial charge in [0, 0.05) is 16.1 Å². The summed E-state index contributed by atoms with van der Waals surface area (Å²) in [5.41, 5.74) is -0.945. The number of aromatic nitrogens is 1. The van der Waals surface area contributed by atoms with Crippen molar-refractivity contribution in [2.45, 2.75) is 12.2 Å². The van der Waals surface area contributed by atoms with Crippen molar-refractivity contribution in [3.8, 4) is 0 Å². The van der Waals surface area contributed by atoms with E-state index in [2.05, 4.69) is 26.2 Å². The zero-order valence-corrected chi connectivity index (χ0v) is 11.7. The van der Waals surface area contributed by atoms with E-state index < -0.39 is 27.6 Å². The summed E-state index contributed by atoms with van der Waals surface area (Å²) in [5, 5.41) is 3.46. The summed E-state index contributed by atoms with van der Waals surface area (Å²) in [6.07, 6.45) is -2.05. The molecular weight excluding hydrogens is 349 g/mol. The average Bonchev–Trinajstić information content (AvgIpc) is 2.59. The van der Waals surface area contributed by atoms with Crippen LogP contribution in [0.25, 0.3) is 0 Å². The lowest BCUT2D eigenvalue weighted by atomic mass is 10.2. The van der Waals surface area contributed by atoms with Crippen LogP contribution in [0.5, 0.6) is 0 Å². The van der Waals surface area contributed by atoms with Gasteiger partial charge in [0.1, 0.15) is 5.82 Å². The number of sulfone groups is 1. The second-order valence-electron chi connectivity index (χ2n) is 3.96. The summed E-state index contributed by atoms with van der Waals surface area (Å²) in [6, 6.07) is 0.183. The molecule has 0 aromatic carbocycles. The van der Waals surface area contributed by atoms with Crippen LogP contribution in [0.3, 0.4) is 0 Å². The summed E-state index contributed by atoms with van der Waals surface area (Å²) in [6.45, 7) is 0. The Balaban J connectivity index is 2.29. The van der Waals surface area contributed by atoms with Crippen molar-refractivity contribution < 1.29 is 21.6 Å². The number of rotatable bonds is 2. The molecule has 19 heavy (non-hydrogen) atoms. The maximum Gasteiger partial charge on any atom is 0.419 e. The Morgan fingerprint density at radius 1 is 1.42 bits per heavy atom. The van der Waals surface area contributed by atoms with E-state index in [0.29, 0.717) is 0 Å². The van der Waals surface area contributed by atoms with Gasteiger partial charge in [-0.05, 0) is 28.1 Å². The molecular formula is C10H8BrF3N2O2S. The molecule has 1 aromatic heterocycles. The lowest BCUT2D eigenvalue weighted by Crippen LogP contribution is -2.24. The summed E-state index contributed by atoms with van der Waals surface area (Å²) in [7, 11) is -3.33. The highest BCUT2D eigenvalue weighted by Crippen LogP contribution is 2.35. The fourth-order valence-electron chi connectivity index (χ4n) is 1.61. The van der Waals surface area contributed by atoms with Crippen LogP contribution in [0, 0.1) is 0 Å². The van der Waals surface area contributed by atoms with E-state index in [9.17, 15) is 21.6 Å². The second kappa shape index (κ2) is 4.78. The molecule has 0 aliphatic carbocycles. The Hall–Kier alpha value is -1.09. The van der Waals surface area contributed by atoms with Gasteiger partial charge in [0.2, 0.25) is 0 Å². The van der Waals surface area contributed by atoms with Gasteiger partial charge in [-0.2, -0.15) is 13.2 Å². The zero-order valence-electron chi connectivity index (χ0n) is 9.28. The van der Waals surface area contributed by atoms with Crippen LogP contribution in [-0.4, -0.2) is 25.2 Å². The molecule has 9 heteroatoms. The van der Waals surface area contributed by atoms with E-state index in [1.54, 1.807) is 0 Å². The fraction of sp³-hybridized carbons (Fsp3) is 0.300. The quantitative estimate of drug-likeness (QED) is 0.884. The molecule has 1 aromatic rings. The third-order valence-corrected chi connectivity index (χ3v) is 4.24. The van der Waals surface area contributed by atoms with Crippen molar-refractivity contribution in [1.82, 2.24) is 4.98 Å². The molecule has 1 atom stereocenters. The van der Waals surface area contributed by atoms with Crippen molar-refractivity contribution in [1.29, 1.82) is 0 Å². The van der Waals surface area contributed by atoms with Gasteiger partial charge in [-0.1, -0.05) is 0 Å². The van der Waals surface area contributed by atoms with Gasteiger partial charge >= 0.3 is 6.18 Å². The number of hydrogen-bond acceptors (Lipinski definition) is 4. The highest BCUT2D eigenvalue weighted by Gasteiger charge is 2.35. The van der Waals surface area contributed by atoms with Crippen molar-refractivity contribution >= 4 is 31.6 Å². The van der Waals surface area contributed by atoms with Crippen LogP contribution >= 0.6 is 15.9 Å². The highest BCUT2D eigenvalue weighted by atomic mass is 79.9. The van der Waals surface area contributed by atoms with E-state index in [1.165, 1.54) is 12.3 Å². The van der Waals surface area contributed by atoms with Gasteiger partial charge < -0.3 is 5.32 Å². The average molecular weight is 357 g/mol. The Morgan fingerprint density at radius 2 is 2.11 bits per heavy atom. The topological polar surface area (TPSA) is 59.1 Å². The number of nitrogens with zero attached hydrogens (tertiary/aromatic N) is 1. The van der Waals surface area contributed by atoms with Gasteiger partial charge in [0.05, 0.1) is 17.4 Å². The Labute approximate surface area is 115 Å². The maximum atomic E-state index is 12.8. The summed E-state index contributed by atoms with van der Waals surface area (Å²) < 4.78 is 61.0. The highest BCUT2D eigenvalue weighted by molar-refractivity contribution is 9.10. The number of halogens is 4. The number of anilines is 1. The van der Waals surface area contributed by atoms with E-state index in [0.717, 1.165) is 11.5 Å². The van der Waals surface area contributed by atoms with Crippen LogP contribution in [0.2, 0.25) is 0 Å². The third kappa shape index (κ3) is 3.47. The van der Waals surface area contributed by atoms with Crippen LogP contribution in [-0.2, 0) is 16.0 Å². The third-order valence-electron chi connectivity index (χ3n) is 2.41. The van der Waals surface area contributed by atoms with Gasteiger partial charge in [0.15, 0.2) is 9.84 Å². The van der Waals surface area contributed by atoms with E-state index in [1.807, 2.05) is 0 Å². The minimum absolute atomic E-state index is 0.194. The molecule has 0 spiro atoms.